The standard InChI is InChI=1S/C18H26N2O/c1-18(10-3-2-4-11-18)13-20-17(21)15-9-5-7-14-8-6-12-19-16(14)15/h5,7,9,19H,2-4,6,8,10-13H2,1H3,(H,20,21). The number of amides is 1. The first-order valence-corrected chi connectivity index (χ1v) is 8.32. The van der Waals surface area contributed by atoms with Crippen LogP contribution in [0.25, 0.3) is 0 Å². The molecule has 1 heterocycles. The van der Waals surface area contributed by atoms with Gasteiger partial charge in [0.1, 0.15) is 0 Å². The Balaban J connectivity index is 1.68. The molecule has 114 valence electrons. The summed E-state index contributed by atoms with van der Waals surface area (Å²) in [5.74, 6) is 0.0769. The zero-order valence-electron chi connectivity index (χ0n) is 13.0. The molecule has 1 aliphatic heterocycles. The van der Waals surface area contributed by atoms with Gasteiger partial charge in [0.2, 0.25) is 0 Å². The van der Waals surface area contributed by atoms with Crippen molar-refractivity contribution in [1.29, 1.82) is 0 Å². The number of rotatable bonds is 3. The smallest absolute Gasteiger partial charge is 0.253 e. The van der Waals surface area contributed by atoms with Crippen LogP contribution in [0.4, 0.5) is 5.69 Å². The highest BCUT2D eigenvalue weighted by molar-refractivity contribution is 6.00. The molecule has 0 unspecified atom stereocenters. The van der Waals surface area contributed by atoms with Gasteiger partial charge in [0.25, 0.3) is 5.91 Å². The molecule has 21 heavy (non-hydrogen) atoms. The second kappa shape index (κ2) is 6.08. The Bertz CT molecular complexity index is 518. The van der Waals surface area contributed by atoms with Gasteiger partial charge in [-0.3, -0.25) is 4.79 Å². The Kier molecular flexibility index (Phi) is 4.18. The largest absolute Gasteiger partial charge is 0.384 e. The lowest BCUT2D eigenvalue weighted by Crippen LogP contribution is -2.37. The number of hydrogen-bond acceptors (Lipinski definition) is 2. The number of hydrogen-bond donors (Lipinski definition) is 2. The Labute approximate surface area is 127 Å². The predicted molar refractivity (Wildman–Crippen MR) is 86.8 cm³/mol. The maximum atomic E-state index is 12.6. The number of fused-ring (bicyclic) bond motifs is 1. The van der Waals surface area contributed by atoms with Crippen LogP contribution in [0.1, 0.15) is 61.4 Å². The average molecular weight is 286 g/mol. The number of carbonyl (C=O) groups is 1. The summed E-state index contributed by atoms with van der Waals surface area (Å²) in [6.07, 6.45) is 8.64. The zero-order valence-corrected chi connectivity index (χ0v) is 13.0. The second-order valence-electron chi connectivity index (χ2n) is 6.92. The Morgan fingerprint density at radius 1 is 1.24 bits per heavy atom. The van der Waals surface area contributed by atoms with Crippen LogP contribution in [-0.4, -0.2) is 19.0 Å². The van der Waals surface area contributed by atoms with Crippen molar-refractivity contribution in [1.82, 2.24) is 5.32 Å². The van der Waals surface area contributed by atoms with E-state index < -0.39 is 0 Å². The quantitative estimate of drug-likeness (QED) is 0.888. The van der Waals surface area contributed by atoms with Gasteiger partial charge in [0, 0.05) is 13.1 Å². The number of carbonyl (C=O) groups excluding carboxylic acids is 1. The molecule has 2 N–H and O–H groups in total. The summed E-state index contributed by atoms with van der Waals surface area (Å²) in [6.45, 7) is 4.08. The van der Waals surface area contributed by atoms with Gasteiger partial charge in [-0.2, -0.15) is 0 Å². The summed E-state index contributed by atoms with van der Waals surface area (Å²) < 4.78 is 0. The molecule has 1 aromatic rings. The van der Waals surface area contributed by atoms with Gasteiger partial charge in [0.15, 0.2) is 0 Å². The van der Waals surface area contributed by atoms with E-state index in [1.807, 2.05) is 12.1 Å². The molecule has 1 amide bonds. The van der Waals surface area contributed by atoms with Gasteiger partial charge < -0.3 is 10.6 Å². The molecule has 0 atom stereocenters. The third-order valence-electron chi connectivity index (χ3n) is 5.06. The fraction of sp³-hybridized carbons (Fsp3) is 0.611. The van der Waals surface area contributed by atoms with E-state index in [1.165, 1.54) is 37.7 Å². The van der Waals surface area contributed by atoms with Crippen molar-refractivity contribution in [2.45, 2.75) is 51.9 Å². The predicted octanol–water partition coefficient (Wildman–Crippen LogP) is 3.74. The summed E-state index contributed by atoms with van der Waals surface area (Å²) >= 11 is 0. The molecular formula is C18H26N2O. The lowest BCUT2D eigenvalue weighted by Gasteiger charge is -2.33. The fourth-order valence-electron chi connectivity index (χ4n) is 3.67. The Morgan fingerprint density at radius 2 is 2.05 bits per heavy atom. The lowest BCUT2D eigenvalue weighted by atomic mass is 9.76. The van der Waals surface area contributed by atoms with Crippen LogP contribution < -0.4 is 10.6 Å². The van der Waals surface area contributed by atoms with Crippen LogP contribution in [0.3, 0.4) is 0 Å². The minimum absolute atomic E-state index is 0.0769. The SMILES string of the molecule is CC1(CNC(=O)c2cccc3c2NCCC3)CCCCC1. The first-order chi connectivity index (χ1) is 10.2. The molecule has 3 heteroatoms. The van der Waals surface area contributed by atoms with Crippen LogP contribution in [0.5, 0.6) is 0 Å². The van der Waals surface area contributed by atoms with Crippen LogP contribution >= 0.6 is 0 Å². The molecule has 3 nitrogen and oxygen atoms in total. The van der Waals surface area contributed by atoms with Gasteiger partial charge in [-0.25, -0.2) is 0 Å². The first-order valence-electron chi connectivity index (χ1n) is 8.32. The highest BCUT2D eigenvalue weighted by Gasteiger charge is 2.27. The van der Waals surface area contributed by atoms with Crippen LogP contribution in [0.2, 0.25) is 0 Å². The van der Waals surface area contributed by atoms with Crippen LogP contribution in [-0.2, 0) is 6.42 Å². The number of nitrogens with one attached hydrogen (secondary N) is 2. The highest BCUT2D eigenvalue weighted by Crippen LogP contribution is 2.35. The number of anilines is 1. The van der Waals surface area contributed by atoms with Crippen molar-refractivity contribution in [2.24, 2.45) is 5.41 Å². The lowest BCUT2D eigenvalue weighted by molar-refractivity contribution is 0.0920. The van der Waals surface area contributed by atoms with Gasteiger partial charge >= 0.3 is 0 Å². The minimum atomic E-state index is 0.0769. The van der Waals surface area contributed by atoms with Crippen molar-refractivity contribution in [2.75, 3.05) is 18.4 Å². The van der Waals surface area contributed by atoms with E-state index in [-0.39, 0.29) is 11.3 Å². The third-order valence-corrected chi connectivity index (χ3v) is 5.06. The zero-order chi connectivity index (χ0) is 14.7. The summed E-state index contributed by atoms with van der Waals surface area (Å²) in [5, 5.41) is 6.58. The molecule has 0 spiro atoms. The van der Waals surface area contributed by atoms with E-state index in [0.29, 0.717) is 0 Å². The minimum Gasteiger partial charge on any atom is -0.384 e. The maximum absolute atomic E-state index is 12.6. The van der Waals surface area contributed by atoms with Crippen molar-refractivity contribution >= 4 is 11.6 Å². The highest BCUT2D eigenvalue weighted by atomic mass is 16.1. The summed E-state index contributed by atoms with van der Waals surface area (Å²) in [7, 11) is 0. The topological polar surface area (TPSA) is 41.1 Å². The molecule has 2 aliphatic rings. The molecule has 0 aromatic heterocycles. The molecule has 1 aliphatic carbocycles. The van der Waals surface area contributed by atoms with E-state index >= 15 is 0 Å². The van der Waals surface area contributed by atoms with E-state index in [0.717, 1.165) is 37.2 Å². The summed E-state index contributed by atoms with van der Waals surface area (Å²) in [4.78, 5) is 12.6. The van der Waals surface area contributed by atoms with Crippen molar-refractivity contribution in [3.05, 3.63) is 29.3 Å². The van der Waals surface area contributed by atoms with Crippen molar-refractivity contribution in [3.8, 4) is 0 Å². The molecule has 0 saturated heterocycles. The maximum Gasteiger partial charge on any atom is 0.253 e. The Morgan fingerprint density at radius 3 is 2.86 bits per heavy atom. The molecular weight excluding hydrogens is 260 g/mol. The van der Waals surface area contributed by atoms with Crippen molar-refractivity contribution < 1.29 is 4.79 Å². The molecule has 1 fully saturated rings. The Hall–Kier alpha value is -1.51. The monoisotopic (exact) mass is 286 g/mol. The van der Waals surface area contributed by atoms with Crippen LogP contribution in [0, 0.1) is 5.41 Å². The molecule has 0 bridgehead atoms. The summed E-state index contributed by atoms with van der Waals surface area (Å²) in [5.41, 5.74) is 3.43. The molecule has 1 saturated carbocycles. The second-order valence-corrected chi connectivity index (χ2v) is 6.92. The number of benzene rings is 1. The van der Waals surface area contributed by atoms with Gasteiger partial charge in [-0.15, -0.1) is 0 Å². The van der Waals surface area contributed by atoms with Gasteiger partial charge in [-0.05, 0) is 42.7 Å². The van der Waals surface area contributed by atoms with Crippen LogP contribution in [0.15, 0.2) is 18.2 Å². The van der Waals surface area contributed by atoms with E-state index in [9.17, 15) is 4.79 Å². The normalized spacial score (nSPS) is 20.2. The first kappa shape index (κ1) is 14.4. The average Bonchev–Trinajstić information content (AvgIpc) is 2.53. The van der Waals surface area contributed by atoms with Gasteiger partial charge in [-0.1, -0.05) is 38.3 Å². The van der Waals surface area contributed by atoms with Gasteiger partial charge in [0.05, 0.1) is 11.3 Å². The molecule has 0 radical (unpaired) electrons. The van der Waals surface area contributed by atoms with E-state index in [2.05, 4.69) is 23.6 Å². The van der Waals surface area contributed by atoms with E-state index in [1.54, 1.807) is 0 Å². The summed E-state index contributed by atoms with van der Waals surface area (Å²) in [6, 6.07) is 6.07. The van der Waals surface area contributed by atoms with Crippen molar-refractivity contribution in [3.63, 3.8) is 0 Å². The third kappa shape index (κ3) is 3.22. The number of para-hydroxylation sites is 1. The molecule has 1 aromatic carbocycles. The fourth-order valence-corrected chi connectivity index (χ4v) is 3.67. The van der Waals surface area contributed by atoms with E-state index in [4.69, 9.17) is 0 Å². The number of aryl methyl sites for hydroxylation is 1. The molecule has 3 rings (SSSR count).